The van der Waals surface area contributed by atoms with E-state index in [9.17, 15) is 4.79 Å². The van der Waals surface area contributed by atoms with Crippen molar-refractivity contribution in [3.05, 3.63) is 45.3 Å². The number of rotatable bonds is 2. The van der Waals surface area contributed by atoms with Crippen LogP contribution in [0.25, 0.3) is 5.69 Å². The van der Waals surface area contributed by atoms with Crippen LogP contribution in [0.1, 0.15) is 16.1 Å². The summed E-state index contributed by atoms with van der Waals surface area (Å²) in [7, 11) is 0. The van der Waals surface area contributed by atoms with E-state index in [1.54, 1.807) is 4.68 Å². The Morgan fingerprint density at radius 1 is 1.33 bits per heavy atom. The zero-order valence-corrected chi connectivity index (χ0v) is 10.3. The maximum Gasteiger partial charge on any atom is 0.170 e. The first-order valence-electron chi connectivity index (χ1n) is 4.48. The van der Waals surface area contributed by atoms with Gasteiger partial charge < -0.3 is 0 Å². The zero-order valence-electron chi connectivity index (χ0n) is 8.14. The Labute approximate surface area is 101 Å². The summed E-state index contributed by atoms with van der Waals surface area (Å²) in [6, 6.07) is 7.96. The highest BCUT2D eigenvalue weighted by atomic mass is 127. The Bertz CT molecular complexity index is 488. The summed E-state index contributed by atoms with van der Waals surface area (Å²) in [6.07, 6.45) is 2.63. The highest BCUT2D eigenvalue weighted by molar-refractivity contribution is 14.1. The Hall–Kier alpha value is -1.17. The van der Waals surface area contributed by atoms with Crippen molar-refractivity contribution >= 4 is 28.9 Å². The molecular formula is C11H9IN2O. The van der Waals surface area contributed by atoms with Crippen LogP contribution in [-0.2, 0) is 0 Å². The van der Waals surface area contributed by atoms with E-state index in [0.717, 1.165) is 17.5 Å². The molecule has 0 saturated carbocycles. The zero-order chi connectivity index (χ0) is 10.8. The summed E-state index contributed by atoms with van der Waals surface area (Å²) in [5.74, 6) is 0. The molecule has 0 radical (unpaired) electrons. The summed E-state index contributed by atoms with van der Waals surface area (Å²) in [5.41, 5.74) is 2.35. The van der Waals surface area contributed by atoms with Crippen molar-refractivity contribution in [3.8, 4) is 5.69 Å². The third-order valence-corrected chi connectivity index (χ3v) is 2.86. The number of carbonyl (C=O) groups is 1. The van der Waals surface area contributed by atoms with Gasteiger partial charge in [-0.1, -0.05) is 0 Å². The van der Waals surface area contributed by atoms with Gasteiger partial charge in [-0.05, 0) is 59.3 Å². The van der Waals surface area contributed by atoms with Crippen LogP contribution < -0.4 is 0 Å². The minimum atomic E-state index is 0.494. The molecular weight excluding hydrogens is 303 g/mol. The lowest BCUT2D eigenvalue weighted by Gasteiger charge is -2.00. The Kier molecular flexibility index (Phi) is 2.86. The number of benzene rings is 1. The van der Waals surface area contributed by atoms with Crippen molar-refractivity contribution < 1.29 is 4.79 Å². The van der Waals surface area contributed by atoms with Crippen LogP contribution >= 0.6 is 22.6 Å². The fourth-order valence-corrected chi connectivity index (χ4v) is 1.68. The number of nitrogens with zero attached hydrogens (tertiary/aromatic N) is 2. The molecule has 15 heavy (non-hydrogen) atoms. The molecule has 1 heterocycles. The van der Waals surface area contributed by atoms with Crippen molar-refractivity contribution in [2.45, 2.75) is 6.92 Å². The first-order chi connectivity index (χ1) is 7.20. The monoisotopic (exact) mass is 312 g/mol. The third kappa shape index (κ3) is 2.09. The van der Waals surface area contributed by atoms with E-state index in [4.69, 9.17) is 0 Å². The van der Waals surface area contributed by atoms with Crippen LogP contribution in [0.4, 0.5) is 0 Å². The van der Waals surface area contributed by atoms with Crippen LogP contribution in [0.15, 0.2) is 30.5 Å². The molecule has 1 aromatic carbocycles. The quantitative estimate of drug-likeness (QED) is 0.631. The molecule has 0 aliphatic rings. The van der Waals surface area contributed by atoms with Gasteiger partial charge in [-0.15, -0.1) is 0 Å². The number of aryl methyl sites for hydroxylation is 1. The van der Waals surface area contributed by atoms with E-state index in [-0.39, 0.29) is 0 Å². The molecule has 0 atom stereocenters. The first kappa shape index (κ1) is 10.4. The van der Waals surface area contributed by atoms with Gasteiger partial charge >= 0.3 is 0 Å². The van der Waals surface area contributed by atoms with E-state index in [0.29, 0.717) is 5.69 Å². The predicted molar refractivity (Wildman–Crippen MR) is 66.4 cm³/mol. The standard InChI is InChI=1S/C11H9IN2O/c1-8-6-14(13-11(8)7-15)10-4-2-9(12)3-5-10/h2-7H,1H3. The molecule has 3 nitrogen and oxygen atoms in total. The van der Waals surface area contributed by atoms with Gasteiger partial charge in [-0.25, -0.2) is 4.68 Å². The fraction of sp³-hybridized carbons (Fsp3) is 0.0909. The summed E-state index contributed by atoms with van der Waals surface area (Å²) >= 11 is 2.25. The van der Waals surface area contributed by atoms with Crippen LogP contribution in [-0.4, -0.2) is 16.1 Å². The number of hydrogen-bond acceptors (Lipinski definition) is 2. The molecule has 0 spiro atoms. The Morgan fingerprint density at radius 2 is 2.00 bits per heavy atom. The minimum Gasteiger partial charge on any atom is -0.296 e. The van der Waals surface area contributed by atoms with E-state index in [1.165, 1.54) is 3.57 Å². The molecule has 2 rings (SSSR count). The maximum absolute atomic E-state index is 10.6. The van der Waals surface area contributed by atoms with Gasteiger partial charge in [0.2, 0.25) is 0 Å². The lowest BCUT2D eigenvalue weighted by molar-refractivity contribution is 0.111. The SMILES string of the molecule is Cc1cn(-c2ccc(I)cc2)nc1C=O. The van der Waals surface area contributed by atoms with E-state index >= 15 is 0 Å². The molecule has 76 valence electrons. The second-order valence-corrected chi connectivity index (χ2v) is 4.48. The molecule has 0 N–H and O–H groups in total. The lowest BCUT2D eigenvalue weighted by atomic mass is 10.3. The van der Waals surface area contributed by atoms with Gasteiger partial charge in [0.25, 0.3) is 0 Å². The normalized spacial score (nSPS) is 10.3. The average Bonchev–Trinajstić information content (AvgIpc) is 2.61. The van der Waals surface area contributed by atoms with Crippen LogP contribution in [0, 0.1) is 10.5 Å². The second kappa shape index (κ2) is 4.14. The van der Waals surface area contributed by atoms with Gasteiger partial charge in [0.05, 0.1) is 5.69 Å². The number of aldehydes is 1. The molecule has 0 fully saturated rings. The maximum atomic E-state index is 10.6. The van der Waals surface area contributed by atoms with Gasteiger partial charge in [0.15, 0.2) is 6.29 Å². The summed E-state index contributed by atoms with van der Waals surface area (Å²) in [4.78, 5) is 10.6. The molecule has 0 saturated heterocycles. The van der Waals surface area contributed by atoms with E-state index in [1.807, 2.05) is 37.4 Å². The van der Waals surface area contributed by atoms with Gasteiger partial charge in [-0.2, -0.15) is 5.10 Å². The van der Waals surface area contributed by atoms with Gasteiger partial charge in [-0.3, -0.25) is 4.79 Å². The van der Waals surface area contributed by atoms with Gasteiger partial charge in [0, 0.05) is 9.77 Å². The molecule has 1 aromatic heterocycles. The van der Waals surface area contributed by atoms with Crippen LogP contribution in [0.3, 0.4) is 0 Å². The Morgan fingerprint density at radius 3 is 2.53 bits per heavy atom. The molecule has 0 aliphatic heterocycles. The number of hydrogen-bond donors (Lipinski definition) is 0. The largest absolute Gasteiger partial charge is 0.296 e. The van der Waals surface area contributed by atoms with E-state index < -0.39 is 0 Å². The molecule has 4 heteroatoms. The van der Waals surface area contributed by atoms with E-state index in [2.05, 4.69) is 27.7 Å². The summed E-state index contributed by atoms with van der Waals surface area (Å²) in [6.45, 7) is 1.87. The minimum absolute atomic E-state index is 0.494. The molecule has 0 bridgehead atoms. The second-order valence-electron chi connectivity index (χ2n) is 3.24. The van der Waals surface area contributed by atoms with Crippen LogP contribution in [0.5, 0.6) is 0 Å². The topological polar surface area (TPSA) is 34.9 Å². The molecule has 0 aliphatic carbocycles. The first-order valence-corrected chi connectivity index (χ1v) is 5.56. The third-order valence-electron chi connectivity index (χ3n) is 2.14. The van der Waals surface area contributed by atoms with Crippen molar-refractivity contribution in [2.75, 3.05) is 0 Å². The molecule has 0 amide bonds. The fourth-order valence-electron chi connectivity index (χ4n) is 1.32. The van der Waals surface area contributed by atoms with Crippen molar-refractivity contribution in [3.63, 3.8) is 0 Å². The number of halogens is 1. The number of aromatic nitrogens is 2. The van der Waals surface area contributed by atoms with Crippen LogP contribution in [0.2, 0.25) is 0 Å². The van der Waals surface area contributed by atoms with Crippen molar-refractivity contribution in [1.82, 2.24) is 9.78 Å². The van der Waals surface area contributed by atoms with Crippen molar-refractivity contribution in [2.24, 2.45) is 0 Å². The van der Waals surface area contributed by atoms with Gasteiger partial charge in [0.1, 0.15) is 5.69 Å². The highest BCUT2D eigenvalue weighted by Crippen LogP contribution is 2.12. The number of carbonyl (C=O) groups excluding carboxylic acids is 1. The predicted octanol–water partition coefficient (Wildman–Crippen LogP) is 2.60. The Balaban J connectivity index is 2.45. The lowest BCUT2D eigenvalue weighted by Crippen LogP contribution is -1.95. The smallest absolute Gasteiger partial charge is 0.170 e. The molecule has 2 aromatic rings. The van der Waals surface area contributed by atoms with Crippen molar-refractivity contribution in [1.29, 1.82) is 0 Å². The summed E-state index contributed by atoms with van der Waals surface area (Å²) in [5, 5.41) is 4.17. The summed E-state index contributed by atoms with van der Waals surface area (Å²) < 4.78 is 2.89. The molecule has 0 unspecified atom stereocenters. The highest BCUT2D eigenvalue weighted by Gasteiger charge is 2.04. The average molecular weight is 312 g/mol.